The first-order valence-electron chi connectivity index (χ1n) is 9.26. The average Bonchev–Trinajstić information content (AvgIpc) is 3.25. The van der Waals surface area contributed by atoms with E-state index in [1.807, 2.05) is 30.0 Å². The molecular weight excluding hydrogens is 316 g/mol. The molecule has 1 fully saturated rings. The van der Waals surface area contributed by atoms with Crippen LogP contribution in [0.2, 0.25) is 0 Å². The number of amides is 1. The van der Waals surface area contributed by atoms with Crippen molar-refractivity contribution in [3.05, 3.63) is 29.8 Å². The van der Waals surface area contributed by atoms with Gasteiger partial charge in [-0.05, 0) is 25.0 Å². The van der Waals surface area contributed by atoms with E-state index >= 15 is 0 Å². The molecule has 0 spiro atoms. The third-order valence-electron chi connectivity index (χ3n) is 4.70. The lowest BCUT2D eigenvalue weighted by Gasteiger charge is -2.19. The van der Waals surface area contributed by atoms with E-state index in [2.05, 4.69) is 23.6 Å². The zero-order chi connectivity index (χ0) is 17.6. The molecule has 0 bridgehead atoms. The molecule has 2 heterocycles. The molecule has 2 aliphatic heterocycles. The van der Waals surface area contributed by atoms with Gasteiger partial charge in [-0.15, -0.1) is 0 Å². The molecule has 1 saturated heterocycles. The average molecular weight is 344 g/mol. The van der Waals surface area contributed by atoms with Crippen molar-refractivity contribution >= 4 is 11.9 Å². The standard InChI is InChI=1S/C19H28N4O2/c1-3-18(24)23-10-9-15(13-23)22-19(20-4-2)21-12-16-11-14-7-5-6-8-17(14)25-16/h5-8,15-16H,3-4,9-13H2,1-2H3,(H2,20,21,22). The lowest BCUT2D eigenvalue weighted by atomic mass is 10.1. The lowest BCUT2D eigenvalue weighted by molar-refractivity contribution is -0.129. The molecule has 3 rings (SSSR count). The Morgan fingerprint density at radius 1 is 1.36 bits per heavy atom. The predicted molar refractivity (Wildman–Crippen MR) is 99.0 cm³/mol. The third-order valence-corrected chi connectivity index (χ3v) is 4.70. The number of para-hydroxylation sites is 1. The summed E-state index contributed by atoms with van der Waals surface area (Å²) in [5.41, 5.74) is 1.25. The molecule has 6 nitrogen and oxygen atoms in total. The maximum absolute atomic E-state index is 11.8. The number of nitrogens with one attached hydrogen (secondary N) is 2. The molecule has 2 atom stereocenters. The van der Waals surface area contributed by atoms with E-state index in [-0.39, 0.29) is 18.1 Å². The maximum atomic E-state index is 11.8. The fraction of sp³-hybridized carbons (Fsp3) is 0.579. The Hall–Kier alpha value is -2.24. The number of carbonyl (C=O) groups excluding carboxylic acids is 1. The zero-order valence-electron chi connectivity index (χ0n) is 15.1. The fourth-order valence-electron chi connectivity index (χ4n) is 3.39. The van der Waals surface area contributed by atoms with Gasteiger partial charge < -0.3 is 20.3 Å². The minimum atomic E-state index is 0.0922. The van der Waals surface area contributed by atoms with Crippen LogP contribution >= 0.6 is 0 Å². The molecule has 6 heteroatoms. The van der Waals surface area contributed by atoms with Crippen LogP contribution in [0.15, 0.2) is 29.3 Å². The highest BCUT2D eigenvalue weighted by Crippen LogP contribution is 2.28. The summed E-state index contributed by atoms with van der Waals surface area (Å²) in [7, 11) is 0. The van der Waals surface area contributed by atoms with Gasteiger partial charge in [-0.25, -0.2) is 4.99 Å². The molecule has 2 unspecified atom stereocenters. The summed E-state index contributed by atoms with van der Waals surface area (Å²) in [4.78, 5) is 18.4. The lowest BCUT2D eigenvalue weighted by Crippen LogP contribution is -2.45. The molecule has 0 aliphatic carbocycles. The fourth-order valence-corrected chi connectivity index (χ4v) is 3.39. The number of likely N-dealkylation sites (tertiary alicyclic amines) is 1. The summed E-state index contributed by atoms with van der Waals surface area (Å²) in [5.74, 6) is 2.01. The van der Waals surface area contributed by atoms with Gasteiger partial charge in [0.2, 0.25) is 5.91 Å². The monoisotopic (exact) mass is 344 g/mol. The summed E-state index contributed by atoms with van der Waals surface area (Å²) >= 11 is 0. The topological polar surface area (TPSA) is 66.0 Å². The maximum Gasteiger partial charge on any atom is 0.222 e. The molecule has 1 amide bonds. The van der Waals surface area contributed by atoms with E-state index in [0.29, 0.717) is 13.0 Å². The quantitative estimate of drug-likeness (QED) is 0.628. The van der Waals surface area contributed by atoms with Gasteiger partial charge in [-0.2, -0.15) is 0 Å². The Labute approximate surface area is 149 Å². The normalized spacial score (nSPS) is 22.5. The number of nitrogens with zero attached hydrogens (tertiary/aromatic N) is 2. The van der Waals surface area contributed by atoms with Gasteiger partial charge in [0.1, 0.15) is 11.9 Å². The largest absolute Gasteiger partial charge is 0.488 e. The Balaban J connectivity index is 1.53. The number of fused-ring (bicyclic) bond motifs is 1. The molecule has 0 saturated carbocycles. The Kier molecular flexibility index (Phi) is 5.79. The molecule has 0 radical (unpaired) electrons. The number of ether oxygens (including phenoxy) is 1. The molecule has 1 aromatic carbocycles. The minimum absolute atomic E-state index is 0.0922. The van der Waals surface area contributed by atoms with Crippen LogP contribution in [0.3, 0.4) is 0 Å². The van der Waals surface area contributed by atoms with Crippen molar-refractivity contribution in [2.45, 2.75) is 45.3 Å². The second-order valence-corrected chi connectivity index (χ2v) is 6.59. The van der Waals surface area contributed by atoms with Crippen LogP contribution in [-0.2, 0) is 11.2 Å². The number of guanidine groups is 1. The number of carbonyl (C=O) groups is 1. The van der Waals surface area contributed by atoms with E-state index in [4.69, 9.17) is 9.73 Å². The van der Waals surface area contributed by atoms with E-state index in [1.165, 1.54) is 5.56 Å². The van der Waals surface area contributed by atoms with Crippen molar-refractivity contribution in [3.8, 4) is 5.75 Å². The molecule has 2 aliphatic rings. The third kappa shape index (κ3) is 4.44. The van der Waals surface area contributed by atoms with E-state index < -0.39 is 0 Å². The van der Waals surface area contributed by atoms with Gasteiger partial charge in [-0.3, -0.25) is 4.79 Å². The van der Waals surface area contributed by atoms with Crippen molar-refractivity contribution in [1.82, 2.24) is 15.5 Å². The number of hydrogen-bond donors (Lipinski definition) is 2. The zero-order valence-corrected chi connectivity index (χ0v) is 15.1. The van der Waals surface area contributed by atoms with Crippen LogP contribution in [0.25, 0.3) is 0 Å². The van der Waals surface area contributed by atoms with E-state index in [1.54, 1.807) is 0 Å². The second kappa shape index (κ2) is 8.23. The van der Waals surface area contributed by atoms with E-state index in [9.17, 15) is 4.79 Å². The Morgan fingerprint density at radius 2 is 2.20 bits per heavy atom. The highest BCUT2D eigenvalue weighted by molar-refractivity contribution is 5.80. The first kappa shape index (κ1) is 17.6. The SMILES string of the molecule is CCNC(=NCC1Cc2ccccc2O1)NC1CCN(C(=O)CC)C1. The molecule has 2 N–H and O–H groups in total. The van der Waals surface area contributed by atoms with Crippen molar-refractivity contribution in [1.29, 1.82) is 0 Å². The smallest absolute Gasteiger partial charge is 0.222 e. The van der Waals surface area contributed by atoms with Crippen molar-refractivity contribution in [2.75, 3.05) is 26.2 Å². The summed E-state index contributed by atoms with van der Waals surface area (Å²) in [6, 6.07) is 8.43. The van der Waals surface area contributed by atoms with Crippen LogP contribution in [-0.4, -0.2) is 55.1 Å². The van der Waals surface area contributed by atoms with Gasteiger partial charge in [0.25, 0.3) is 0 Å². The van der Waals surface area contributed by atoms with Gasteiger partial charge in [0, 0.05) is 38.5 Å². The number of benzene rings is 1. The highest BCUT2D eigenvalue weighted by atomic mass is 16.5. The molecule has 0 aromatic heterocycles. The number of rotatable bonds is 5. The second-order valence-electron chi connectivity index (χ2n) is 6.59. The van der Waals surface area contributed by atoms with Crippen LogP contribution in [0, 0.1) is 0 Å². The van der Waals surface area contributed by atoms with E-state index in [0.717, 1.165) is 44.2 Å². The molecule has 1 aromatic rings. The van der Waals surface area contributed by atoms with Crippen LogP contribution in [0.4, 0.5) is 0 Å². The van der Waals surface area contributed by atoms with Crippen LogP contribution in [0.5, 0.6) is 5.75 Å². The summed E-state index contributed by atoms with van der Waals surface area (Å²) < 4.78 is 5.95. The molecule has 136 valence electrons. The minimum Gasteiger partial charge on any atom is -0.488 e. The van der Waals surface area contributed by atoms with Gasteiger partial charge in [-0.1, -0.05) is 25.1 Å². The predicted octanol–water partition coefficient (Wildman–Crippen LogP) is 1.56. The summed E-state index contributed by atoms with van der Waals surface area (Å²) in [6.07, 6.45) is 2.53. The highest BCUT2D eigenvalue weighted by Gasteiger charge is 2.26. The summed E-state index contributed by atoms with van der Waals surface area (Å²) in [6.45, 7) is 6.97. The van der Waals surface area contributed by atoms with Crippen LogP contribution in [0.1, 0.15) is 32.3 Å². The Bertz CT molecular complexity index is 607. The van der Waals surface area contributed by atoms with Gasteiger partial charge >= 0.3 is 0 Å². The number of aliphatic imine (C=N–C) groups is 1. The van der Waals surface area contributed by atoms with Gasteiger partial charge in [0.15, 0.2) is 5.96 Å². The Morgan fingerprint density at radius 3 is 2.96 bits per heavy atom. The van der Waals surface area contributed by atoms with Crippen molar-refractivity contribution in [3.63, 3.8) is 0 Å². The van der Waals surface area contributed by atoms with Crippen molar-refractivity contribution in [2.24, 2.45) is 4.99 Å². The first-order chi connectivity index (χ1) is 12.2. The molecular formula is C19H28N4O2. The molecule has 25 heavy (non-hydrogen) atoms. The first-order valence-corrected chi connectivity index (χ1v) is 9.26. The van der Waals surface area contributed by atoms with Crippen molar-refractivity contribution < 1.29 is 9.53 Å². The van der Waals surface area contributed by atoms with Gasteiger partial charge in [0.05, 0.1) is 6.54 Å². The number of hydrogen-bond acceptors (Lipinski definition) is 3. The van der Waals surface area contributed by atoms with Crippen LogP contribution < -0.4 is 15.4 Å². The summed E-state index contributed by atoms with van der Waals surface area (Å²) in [5, 5.41) is 6.75.